The monoisotopic (exact) mass is 184 g/mol. The van der Waals surface area contributed by atoms with Crippen molar-refractivity contribution in [2.24, 2.45) is 4.99 Å². The molecule has 1 aromatic heterocycles. The highest BCUT2D eigenvalue weighted by Gasteiger charge is 2.11. The molecule has 0 aromatic carbocycles. The zero-order chi connectivity index (χ0) is 9.97. The van der Waals surface area contributed by atoms with Crippen molar-refractivity contribution < 1.29 is 0 Å². The van der Waals surface area contributed by atoms with Gasteiger partial charge in [0.2, 0.25) is 0 Å². The maximum atomic E-state index is 4.33. The van der Waals surface area contributed by atoms with Gasteiger partial charge in [0.25, 0.3) is 0 Å². The minimum Gasteiger partial charge on any atom is -0.265 e. The molecule has 1 aromatic rings. The summed E-state index contributed by atoms with van der Waals surface area (Å²) in [6, 6.07) is 4.01. The quantitative estimate of drug-likeness (QED) is 0.693. The Balaban J connectivity index is 2.17. The van der Waals surface area contributed by atoms with Crippen LogP contribution in [0.3, 0.4) is 0 Å². The predicted molar refractivity (Wildman–Crippen MR) is 59.1 cm³/mol. The molecule has 2 heterocycles. The highest BCUT2D eigenvalue weighted by molar-refractivity contribution is 6.08. The zero-order valence-corrected chi connectivity index (χ0v) is 8.20. The number of hydrogen-bond donors (Lipinski definition) is 0. The number of allylic oxidation sites excluding steroid dienone is 2. The van der Waals surface area contributed by atoms with Gasteiger partial charge < -0.3 is 0 Å². The normalized spacial score (nSPS) is 14.9. The molecule has 2 nitrogen and oxygen atoms in total. The molecular formula is C12H12N2. The molecule has 0 saturated heterocycles. The van der Waals surface area contributed by atoms with Gasteiger partial charge in [0.1, 0.15) is 0 Å². The van der Waals surface area contributed by atoms with Crippen LogP contribution in [-0.2, 0) is 0 Å². The molecule has 0 unspecified atom stereocenters. The summed E-state index contributed by atoms with van der Waals surface area (Å²) in [5.74, 6) is 0. The topological polar surface area (TPSA) is 25.2 Å². The second kappa shape index (κ2) is 3.58. The van der Waals surface area contributed by atoms with Gasteiger partial charge in [0, 0.05) is 30.7 Å². The van der Waals surface area contributed by atoms with E-state index in [0.717, 1.165) is 17.7 Å². The van der Waals surface area contributed by atoms with Gasteiger partial charge in [-0.2, -0.15) is 0 Å². The van der Waals surface area contributed by atoms with Gasteiger partial charge in [-0.25, -0.2) is 0 Å². The van der Waals surface area contributed by atoms with Crippen molar-refractivity contribution in [3.05, 3.63) is 48.4 Å². The van der Waals surface area contributed by atoms with Crippen LogP contribution >= 0.6 is 0 Å². The second-order valence-corrected chi connectivity index (χ2v) is 3.42. The van der Waals surface area contributed by atoms with Gasteiger partial charge in [-0.1, -0.05) is 6.58 Å². The van der Waals surface area contributed by atoms with Crippen LogP contribution in [0, 0.1) is 0 Å². The molecule has 0 aliphatic carbocycles. The smallest absolute Gasteiger partial charge is 0.0471 e. The first-order chi connectivity index (χ1) is 6.77. The standard InChI is InChI=1S/C12H12N2/c1-9(2)12-7-11(8-14-12)10-3-5-13-6-4-10/h3-6,8H,1,7H2,2H3. The Kier molecular flexibility index (Phi) is 2.27. The highest BCUT2D eigenvalue weighted by atomic mass is 14.7. The molecule has 0 saturated carbocycles. The molecule has 0 amide bonds. The predicted octanol–water partition coefficient (Wildman–Crippen LogP) is 2.84. The SMILES string of the molecule is C=C(C)C1=NC=C(c2ccncc2)C1. The summed E-state index contributed by atoms with van der Waals surface area (Å²) < 4.78 is 0. The van der Waals surface area contributed by atoms with Crippen LogP contribution < -0.4 is 0 Å². The summed E-state index contributed by atoms with van der Waals surface area (Å²) in [6.45, 7) is 5.88. The summed E-state index contributed by atoms with van der Waals surface area (Å²) in [6.07, 6.45) is 6.41. The Labute approximate surface area is 83.7 Å². The molecule has 0 fully saturated rings. The third-order valence-electron chi connectivity index (χ3n) is 2.28. The highest BCUT2D eigenvalue weighted by Crippen LogP contribution is 2.24. The molecule has 2 rings (SSSR count). The Morgan fingerprint density at radius 1 is 1.36 bits per heavy atom. The lowest BCUT2D eigenvalue weighted by Gasteiger charge is -2.02. The van der Waals surface area contributed by atoms with Gasteiger partial charge in [0.15, 0.2) is 0 Å². The molecule has 0 radical (unpaired) electrons. The van der Waals surface area contributed by atoms with Crippen molar-refractivity contribution in [2.75, 3.05) is 0 Å². The Hall–Kier alpha value is -1.70. The lowest BCUT2D eigenvalue weighted by Crippen LogP contribution is -1.95. The van der Waals surface area contributed by atoms with E-state index in [1.807, 2.05) is 25.3 Å². The van der Waals surface area contributed by atoms with Crippen molar-refractivity contribution in [3.63, 3.8) is 0 Å². The van der Waals surface area contributed by atoms with Crippen LogP contribution in [0.4, 0.5) is 0 Å². The fourth-order valence-corrected chi connectivity index (χ4v) is 1.43. The molecule has 1 aliphatic heterocycles. The molecular weight excluding hydrogens is 172 g/mol. The van der Waals surface area contributed by atoms with Crippen LogP contribution in [0.2, 0.25) is 0 Å². The van der Waals surface area contributed by atoms with E-state index in [1.54, 1.807) is 12.4 Å². The van der Waals surface area contributed by atoms with E-state index in [1.165, 1.54) is 11.1 Å². The lowest BCUT2D eigenvalue weighted by molar-refractivity contribution is 1.31. The summed E-state index contributed by atoms with van der Waals surface area (Å²) in [4.78, 5) is 8.32. The first-order valence-corrected chi connectivity index (χ1v) is 4.59. The Morgan fingerprint density at radius 2 is 2.07 bits per heavy atom. The maximum Gasteiger partial charge on any atom is 0.0471 e. The van der Waals surface area contributed by atoms with Crippen molar-refractivity contribution in [1.29, 1.82) is 0 Å². The van der Waals surface area contributed by atoms with E-state index in [9.17, 15) is 0 Å². The number of nitrogens with zero attached hydrogens (tertiary/aromatic N) is 2. The van der Waals surface area contributed by atoms with Crippen molar-refractivity contribution in [2.45, 2.75) is 13.3 Å². The van der Waals surface area contributed by atoms with E-state index < -0.39 is 0 Å². The first kappa shape index (κ1) is 8.88. The minimum atomic E-state index is 0.888. The zero-order valence-electron chi connectivity index (χ0n) is 8.20. The number of aromatic nitrogens is 1. The lowest BCUT2D eigenvalue weighted by atomic mass is 10.0. The molecule has 0 atom stereocenters. The van der Waals surface area contributed by atoms with E-state index in [-0.39, 0.29) is 0 Å². The number of rotatable bonds is 2. The van der Waals surface area contributed by atoms with Gasteiger partial charge in [-0.15, -0.1) is 0 Å². The van der Waals surface area contributed by atoms with Gasteiger partial charge in [0.05, 0.1) is 0 Å². The molecule has 14 heavy (non-hydrogen) atoms. The molecule has 1 aliphatic rings. The van der Waals surface area contributed by atoms with Crippen LogP contribution in [0.5, 0.6) is 0 Å². The summed E-state index contributed by atoms with van der Waals surface area (Å²) in [5.41, 5.74) is 4.56. The number of hydrogen-bond acceptors (Lipinski definition) is 2. The summed E-state index contributed by atoms with van der Waals surface area (Å²) in [7, 11) is 0. The molecule has 0 bridgehead atoms. The average molecular weight is 184 g/mol. The molecule has 2 heteroatoms. The molecule has 70 valence electrons. The van der Waals surface area contributed by atoms with Crippen molar-refractivity contribution >= 4 is 11.3 Å². The largest absolute Gasteiger partial charge is 0.265 e. The third-order valence-corrected chi connectivity index (χ3v) is 2.28. The fourth-order valence-electron chi connectivity index (χ4n) is 1.43. The van der Waals surface area contributed by atoms with Crippen molar-refractivity contribution in [3.8, 4) is 0 Å². The number of aliphatic imine (C=N–C) groups is 1. The van der Waals surface area contributed by atoms with Crippen LogP contribution in [0.15, 0.2) is 47.9 Å². The second-order valence-electron chi connectivity index (χ2n) is 3.42. The first-order valence-electron chi connectivity index (χ1n) is 4.59. The van der Waals surface area contributed by atoms with Gasteiger partial charge >= 0.3 is 0 Å². The van der Waals surface area contributed by atoms with Crippen molar-refractivity contribution in [1.82, 2.24) is 4.98 Å². The summed E-state index contributed by atoms with van der Waals surface area (Å²) >= 11 is 0. The van der Waals surface area contributed by atoms with Crippen LogP contribution in [0.1, 0.15) is 18.9 Å². The maximum absolute atomic E-state index is 4.33. The number of pyridine rings is 1. The van der Waals surface area contributed by atoms with E-state index in [0.29, 0.717) is 0 Å². The third kappa shape index (κ3) is 1.64. The average Bonchev–Trinajstić information content (AvgIpc) is 2.68. The van der Waals surface area contributed by atoms with E-state index in [2.05, 4.69) is 16.6 Å². The van der Waals surface area contributed by atoms with Crippen LogP contribution in [-0.4, -0.2) is 10.7 Å². The summed E-state index contributed by atoms with van der Waals surface area (Å²) in [5, 5.41) is 0. The van der Waals surface area contributed by atoms with E-state index >= 15 is 0 Å². The van der Waals surface area contributed by atoms with E-state index in [4.69, 9.17) is 0 Å². The molecule has 0 spiro atoms. The Morgan fingerprint density at radius 3 is 2.64 bits per heavy atom. The van der Waals surface area contributed by atoms with Crippen LogP contribution in [0.25, 0.3) is 5.57 Å². The minimum absolute atomic E-state index is 0.888. The Bertz CT molecular complexity index is 413. The van der Waals surface area contributed by atoms with Gasteiger partial charge in [-0.3, -0.25) is 9.98 Å². The molecule has 0 N–H and O–H groups in total. The van der Waals surface area contributed by atoms with Gasteiger partial charge in [-0.05, 0) is 35.8 Å². The fraction of sp³-hybridized carbons (Fsp3) is 0.167.